The van der Waals surface area contributed by atoms with Crippen molar-refractivity contribution in [2.45, 2.75) is 13.8 Å². The Morgan fingerprint density at radius 3 is 2.46 bits per heavy atom. The molecule has 0 unspecified atom stereocenters. The lowest BCUT2D eigenvalue weighted by Crippen LogP contribution is -2.21. The number of carbonyl (C=O) groups excluding carboxylic acids is 1. The third kappa shape index (κ3) is 5.06. The summed E-state index contributed by atoms with van der Waals surface area (Å²) in [7, 11) is 0. The van der Waals surface area contributed by atoms with Crippen LogP contribution in [-0.2, 0) is 4.79 Å². The van der Waals surface area contributed by atoms with Gasteiger partial charge >= 0.3 is 0 Å². The largest absolute Gasteiger partial charge is 0.490 e. The molecule has 0 bridgehead atoms. The van der Waals surface area contributed by atoms with Crippen LogP contribution in [0, 0.1) is 0 Å². The quantitative estimate of drug-likeness (QED) is 0.751. The smallest absolute Gasteiger partial charge is 0.243 e. The van der Waals surface area contributed by atoms with Crippen LogP contribution in [0.25, 0.3) is 0 Å². The summed E-state index contributed by atoms with van der Waals surface area (Å²) in [5.41, 5.74) is 1.36. The van der Waals surface area contributed by atoms with Gasteiger partial charge in [0.1, 0.15) is 0 Å². The molecule has 0 saturated heterocycles. The minimum Gasteiger partial charge on any atom is -0.490 e. The van der Waals surface area contributed by atoms with Crippen molar-refractivity contribution in [2.24, 2.45) is 0 Å². The first-order valence-corrected chi connectivity index (χ1v) is 8.19. The molecule has 0 atom stereocenters. The number of ether oxygens (including phenoxy) is 2. The Balaban J connectivity index is 1.98. The first-order chi connectivity index (χ1) is 11.6. The predicted octanol–water partition coefficient (Wildman–Crippen LogP) is 4.19. The minimum atomic E-state index is -0.179. The van der Waals surface area contributed by atoms with Gasteiger partial charge in [-0.25, -0.2) is 0 Å². The molecule has 2 N–H and O–H groups in total. The zero-order valence-electron chi connectivity index (χ0n) is 13.8. The minimum absolute atomic E-state index is 0.112. The highest BCUT2D eigenvalue weighted by atomic mass is 35.5. The lowest BCUT2D eigenvalue weighted by atomic mass is 10.2. The van der Waals surface area contributed by atoms with E-state index in [1.165, 1.54) is 0 Å². The number of nitrogens with one attached hydrogen (secondary N) is 2. The standard InChI is InChI=1S/C18H21ClN2O3/c1-3-23-16-10-9-13(11-17(16)24-4-2)21-18(22)12-20-15-8-6-5-7-14(15)19/h5-11,20H,3-4,12H2,1-2H3,(H,21,22). The van der Waals surface area contributed by atoms with Gasteiger partial charge in [-0.05, 0) is 38.1 Å². The van der Waals surface area contributed by atoms with Crippen molar-refractivity contribution in [3.05, 3.63) is 47.5 Å². The van der Waals surface area contributed by atoms with Gasteiger partial charge < -0.3 is 20.1 Å². The second-order valence-corrected chi connectivity index (χ2v) is 5.32. The van der Waals surface area contributed by atoms with Crippen molar-refractivity contribution < 1.29 is 14.3 Å². The maximum absolute atomic E-state index is 12.1. The number of hydrogen-bond donors (Lipinski definition) is 2. The predicted molar refractivity (Wildman–Crippen MR) is 97.4 cm³/mol. The monoisotopic (exact) mass is 348 g/mol. The lowest BCUT2D eigenvalue weighted by molar-refractivity contribution is -0.114. The molecule has 0 radical (unpaired) electrons. The Labute approximate surface area is 146 Å². The van der Waals surface area contributed by atoms with E-state index < -0.39 is 0 Å². The molecule has 0 aliphatic carbocycles. The highest BCUT2D eigenvalue weighted by molar-refractivity contribution is 6.33. The molecule has 5 nitrogen and oxygen atoms in total. The molecule has 6 heteroatoms. The highest BCUT2D eigenvalue weighted by Gasteiger charge is 2.09. The van der Waals surface area contributed by atoms with E-state index in [-0.39, 0.29) is 12.5 Å². The van der Waals surface area contributed by atoms with Crippen molar-refractivity contribution >= 4 is 28.9 Å². The third-order valence-electron chi connectivity index (χ3n) is 3.14. The fourth-order valence-electron chi connectivity index (χ4n) is 2.11. The van der Waals surface area contributed by atoms with Crippen LogP contribution in [0.1, 0.15) is 13.8 Å². The van der Waals surface area contributed by atoms with E-state index in [9.17, 15) is 4.79 Å². The van der Waals surface area contributed by atoms with Crippen LogP contribution in [-0.4, -0.2) is 25.7 Å². The Morgan fingerprint density at radius 2 is 1.75 bits per heavy atom. The summed E-state index contributed by atoms with van der Waals surface area (Å²) < 4.78 is 11.1. The summed E-state index contributed by atoms with van der Waals surface area (Å²) in [4.78, 5) is 12.1. The van der Waals surface area contributed by atoms with E-state index in [2.05, 4.69) is 10.6 Å². The topological polar surface area (TPSA) is 59.6 Å². The van der Waals surface area contributed by atoms with Gasteiger partial charge in [0.2, 0.25) is 5.91 Å². The molecule has 2 rings (SSSR count). The summed E-state index contributed by atoms with van der Waals surface area (Å²) in [6.45, 7) is 4.99. The molecule has 0 spiro atoms. The molecule has 0 saturated carbocycles. The van der Waals surface area contributed by atoms with Gasteiger partial charge in [0.15, 0.2) is 11.5 Å². The molecule has 0 aliphatic rings. The Hall–Kier alpha value is -2.40. The van der Waals surface area contributed by atoms with Crippen molar-refractivity contribution in [1.29, 1.82) is 0 Å². The van der Waals surface area contributed by atoms with Crippen LogP contribution >= 0.6 is 11.6 Å². The van der Waals surface area contributed by atoms with Crippen molar-refractivity contribution in [3.63, 3.8) is 0 Å². The van der Waals surface area contributed by atoms with E-state index in [1.807, 2.05) is 32.0 Å². The molecule has 128 valence electrons. The molecule has 0 aliphatic heterocycles. The zero-order chi connectivity index (χ0) is 17.4. The summed E-state index contributed by atoms with van der Waals surface area (Å²) in [6.07, 6.45) is 0. The molecule has 0 aromatic heterocycles. The SMILES string of the molecule is CCOc1ccc(NC(=O)CNc2ccccc2Cl)cc1OCC. The second-order valence-electron chi connectivity index (χ2n) is 4.91. The molecule has 0 heterocycles. The molecular formula is C18H21ClN2O3. The van der Waals surface area contributed by atoms with Crippen molar-refractivity contribution in [3.8, 4) is 11.5 Å². The maximum atomic E-state index is 12.1. The number of benzene rings is 2. The van der Waals surface area contributed by atoms with E-state index in [1.54, 1.807) is 24.3 Å². The van der Waals surface area contributed by atoms with Crippen LogP contribution in [0.5, 0.6) is 11.5 Å². The Morgan fingerprint density at radius 1 is 1.04 bits per heavy atom. The number of hydrogen-bond acceptors (Lipinski definition) is 4. The highest BCUT2D eigenvalue weighted by Crippen LogP contribution is 2.30. The molecule has 24 heavy (non-hydrogen) atoms. The molecule has 1 amide bonds. The van der Waals surface area contributed by atoms with E-state index >= 15 is 0 Å². The zero-order valence-corrected chi connectivity index (χ0v) is 14.5. The third-order valence-corrected chi connectivity index (χ3v) is 3.47. The van der Waals surface area contributed by atoms with Gasteiger partial charge in [0.25, 0.3) is 0 Å². The average molecular weight is 349 g/mol. The normalized spacial score (nSPS) is 10.1. The fraction of sp³-hybridized carbons (Fsp3) is 0.278. The summed E-state index contributed by atoms with van der Waals surface area (Å²) in [5.74, 6) is 1.09. The summed E-state index contributed by atoms with van der Waals surface area (Å²) >= 11 is 6.05. The van der Waals surface area contributed by atoms with Crippen molar-refractivity contribution in [2.75, 3.05) is 30.4 Å². The van der Waals surface area contributed by atoms with Crippen molar-refractivity contribution in [1.82, 2.24) is 0 Å². The number of para-hydroxylation sites is 1. The van der Waals surface area contributed by atoms with E-state index in [4.69, 9.17) is 21.1 Å². The first kappa shape index (κ1) is 17.9. The maximum Gasteiger partial charge on any atom is 0.243 e. The second kappa shape index (κ2) is 9.03. The summed E-state index contributed by atoms with van der Waals surface area (Å²) in [5, 5.41) is 6.40. The van der Waals surface area contributed by atoms with Crippen LogP contribution in [0.3, 0.4) is 0 Å². The Kier molecular flexibility index (Phi) is 6.75. The van der Waals surface area contributed by atoms with Crippen LogP contribution in [0.4, 0.5) is 11.4 Å². The number of rotatable bonds is 8. The van der Waals surface area contributed by atoms with Crippen LogP contribution in [0.2, 0.25) is 5.02 Å². The van der Waals surface area contributed by atoms with Gasteiger partial charge in [0.05, 0.1) is 30.5 Å². The van der Waals surface area contributed by atoms with E-state index in [0.29, 0.717) is 35.4 Å². The average Bonchev–Trinajstić information content (AvgIpc) is 2.57. The van der Waals surface area contributed by atoms with Gasteiger partial charge in [-0.2, -0.15) is 0 Å². The molecular weight excluding hydrogens is 328 g/mol. The van der Waals surface area contributed by atoms with Gasteiger partial charge in [0, 0.05) is 11.8 Å². The molecule has 2 aromatic carbocycles. The van der Waals surface area contributed by atoms with Gasteiger partial charge in [-0.1, -0.05) is 23.7 Å². The first-order valence-electron chi connectivity index (χ1n) is 7.82. The molecule has 0 fully saturated rings. The van der Waals surface area contributed by atoms with Crippen LogP contribution in [0.15, 0.2) is 42.5 Å². The lowest BCUT2D eigenvalue weighted by Gasteiger charge is -2.13. The fourth-order valence-corrected chi connectivity index (χ4v) is 2.32. The van der Waals surface area contributed by atoms with E-state index in [0.717, 1.165) is 5.69 Å². The molecule has 2 aromatic rings. The van der Waals surface area contributed by atoms with Gasteiger partial charge in [-0.15, -0.1) is 0 Å². The number of anilines is 2. The van der Waals surface area contributed by atoms with Gasteiger partial charge in [-0.3, -0.25) is 4.79 Å². The number of halogens is 1. The summed E-state index contributed by atoms with van der Waals surface area (Å²) in [6, 6.07) is 12.6. The van der Waals surface area contributed by atoms with Crippen LogP contribution < -0.4 is 20.1 Å². The number of carbonyl (C=O) groups is 1. The Bertz CT molecular complexity index is 692. The number of amides is 1.